The summed E-state index contributed by atoms with van der Waals surface area (Å²) in [5, 5.41) is 0. The normalized spacial score (nSPS) is 35.3. The van der Waals surface area contributed by atoms with Crippen molar-refractivity contribution in [2.24, 2.45) is 23.7 Å². The first-order chi connectivity index (χ1) is 9.16. The molecule has 19 heavy (non-hydrogen) atoms. The van der Waals surface area contributed by atoms with E-state index in [4.69, 9.17) is 0 Å². The molecule has 4 rings (SSSR count). The first kappa shape index (κ1) is 11.6. The van der Waals surface area contributed by atoms with Crippen molar-refractivity contribution in [2.75, 3.05) is 4.90 Å². The summed E-state index contributed by atoms with van der Waals surface area (Å²) in [6, 6.07) is 7.58. The van der Waals surface area contributed by atoms with Crippen LogP contribution in [-0.4, -0.2) is 11.8 Å². The molecule has 2 aliphatic carbocycles. The van der Waals surface area contributed by atoms with Gasteiger partial charge >= 0.3 is 0 Å². The number of carbonyl (C=O) groups is 2. The Morgan fingerprint density at radius 3 is 2.26 bits per heavy atom. The quantitative estimate of drug-likeness (QED) is 0.436. The van der Waals surface area contributed by atoms with Crippen LogP contribution in [0.1, 0.15) is 6.42 Å². The molecule has 0 radical (unpaired) electrons. The van der Waals surface area contributed by atoms with Gasteiger partial charge in [0.1, 0.15) is 0 Å². The molecule has 0 spiro atoms. The summed E-state index contributed by atoms with van der Waals surface area (Å²) in [6.45, 7) is 0. The van der Waals surface area contributed by atoms with E-state index in [0.29, 0.717) is 0 Å². The minimum absolute atomic E-state index is 0.00569. The lowest BCUT2D eigenvalue weighted by atomic mass is 9.85. The van der Waals surface area contributed by atoms with Crippen molar-refractivity contribution in [2.45, 2.75) is 6.42 Å². The van der Waals surface area contributed by atoms with Crippen LogP contribution >= 0.6 is 22.6 Å². The third kappa shape index (κ3) is 1.49. The van der Waals surface area contributed by atoms with Gasteiger partial charge in [-0.1, -0.05) is 18.2 Å². The van der Waals surface area contributed by atoms with Crippen LogP contribution in [-0.2, 0) is 9.59 Å². The summed E-state index contributed by atoms with van der Waals surface area (Å²) in [4.78, 5) is 26.5. The van der Waals surface area contributed by atoms with Gasteiger partial charge in [-0.15, -0.1) is 0 Å². The third-order valence-corrected chi connectivity index (χ3v) is 5.21. The van der Waals surface area contributed by atoms with E-state index < -0.39 is 0 Å². The van der Waals surface area contributed by atoms with Gasteiger partial charge in [-0.3, -0.25) is 9.59 Å². The van der Waals surface area contributed by atoms with E-state index in [1.807, 2.05) is 24.3 Å². The molecule has 4 heteroatoms. The second kappa shape index (κ2) is 3.91. The van der Waals surface area contributed by atoms with Crippen LogP contribution in [0.5, 0.6) is 0 Å². The van der Waals surface area contributed by atoms with Crippen molar-refractivity contribution >= 4 is 40.1 Å². The zero-order valence-electron chi connectivity index (χ0n) is 10.1. The standard InChI is InChI=1S/C15H12INO2/c16-10-2-1-3-11(7-10)17-14(18)12-8-4-5-9(6-8)13(12)15(17)19/h1-5,7-9,12-13H,6H2/t8-,9-,12-,13+/m0/s1. The number of anilines is 1. The second-order valence-corrected chi connectivity index (χ2v) is 6.74. The van der Waals surface area contributed by atoms with E-state index in [1.54, 1.807) is 0 Å². The van der Waals surface area contributed by atoms with Gasteiger partial charge in [0.15, 0.2) is 0 Å². The molecule has 1 aliphatic heterocycles. The number of nitrogens with zero attached hydrogens (tertiary/aromatic N) is 1. The van der Waals surface area contributed by atoms with E-state index in [2.05, 4.69) is 34.7 Å². The van der Waals surface area contributed by atoms with E-state index in [0.717, 1.165) is 15.7 Å². The van der Waals surface area contributed by atoms with Crippen molar-refractivity contribution in [3.05, 3.63) is 40.0 Å². The van der Waals surface area contributed by atoms with Gasteiger partial charge in [-0.25, -0.2) is 4.90 Å². The topological polar surface area (TPSA) is 37.4 Å². The Kier molecular flexibility index (Phi) is 2.40. The zero-order chi connectivity index (χ0) is 13.1. The van der Waals surface area contributed by atoms with Crippen LogP contribution in [0.2, 0.25) is 0 Å². The Hall–Kier alpha value is -1.17. The molecule has 2 bridgehead atoms. The Bertz CT molecular complexity index is 594. The lowest BCUT2D eigenvalue weighted by molar-refractivity contribution is -0.123. The molecule has 1 saturated carbocycles. The van der Waals surface area contributed by atoms with Crippen molar-refractivity contribution in [3.8, 4) is 0 Å². The second-order valence-electron chi connectivity index (χ2n) is 5.49. The number of imide groups is 1. The highest BCUT2D eigenvalue weighted by molar-refractivity contribution is 14.1. The summed E-state index contributed by atoms with van der Waals surface area (Å²) in [5.74, 6) is 0.321. The van der Waals surface area contributed by atoms with E-state index >= 15 is 0 Å². The average molecular weight is 365 g/mol. The lowest BCUT2D eigenvalue weighted by Crippen LogP contribution is -2.32. The van der Waals surface area contributed by atoms with Gasteiger partial charge in [0, 0.05) is 3.57 Å². The molecule has 1 aromatic rings. The smallest absolute Gasteiger partial charge is 0.238 e. The summed E-state index contributed by atoms with van der Waals surface area (Å²) >= 11 is 2.20. The summed E-state index contributed by atoms with van der Waals surface area (Å²) < 4.78 is 1.04. The molecule has 3 nitrogen and oxygen atoms in total. The van der Waals surface area contributed by atoms with Gasteiger partial charge < -0.3 is 0 Å². The number of rotatable bonds is 1. The van der Waals surface area contributed by atoms with E-state index in [-0.39, 0.29) is 35.5 Å². The molecule has 1 aromatic carbocycles. The minimum Gasteiger partial charge on any atom is -0.274 e. The van der Waals surface area contributed by atoms with Gasteiger partial charge in [0.2, 0.25) is 11.8 Å². The van der Waals surface area contributed by atoms with E-state index in [9.17, 15) is 9.59 Å². The number of benzene rings is 1. The maximum Gasteiger partial charge on any atom is 0.238 e. The molecular weight excluding hydrogens is 353 g/mol. The number of hydrogen-bond donors (Lipinski definition) is 0. The van der Waals surface area contributed by atoms with Gasteiger partial charge in [-0.2, -0.15) is 0 Å². The molecule has 0 unspecified atom stereocenters. The maximum atomic E-state index is 12.6. The van der Waals surface area contributed by atoms with Crippen molar-refractivity contribution in [3.63, 3.8) is 0 Å². The average Bonchev–Trinajstić information content (AvgIpc) is 3.04. The highest BCUT2D eigenvalue weighted by atomic mass is 127. The van der Waals surface area contributed by atoms with Gasteiger partial charge in [0.25, 0.3) is 0 Å². The SMILES string of the molecule is O=C1[C@@H]2[C@H](C(=O)N1c1cccc(I)c1)[C@H]1C=C[C@H]2C1. The predicted molar refractivity (Wildman–Crippen MR) is 79.4 cm³/mol. The number of amides is 2. The van der Waals surface area contributed by atoms with Crippen molar-refractivity contribution < 1.29 is 9.59 Å². The first-order valence-corrected chi connectivity index (χ1v) is 7.56. The van der Waals surface area contributed by atoms with Gasteiger partial charge in [0.05, 0.1) is 17.5 Å². The summed E-state index contributed by atoms with van der Waals surface area (Å²) in [5.41, 5.74) is 0.718. The molecule has 2 amide bonds. The molecule has 96 valence electrons. The minimum atomic E-state index is -0.111. The molecule has 1 heterocycles. The Morgan fingerprint density at radius 2 is 1.68 bits per heavy atom. The van der Waals surface area contributed by atoms with Crippen LogP contribution in [0.15, 0.2) is 36.4 Å². The predicted octanol–water partition coefficient (Wildman–Crippen LogP) is 2.60. The fraction of sp³-hybridized carbons (Fsp3) is 0.333. The highest BCUT2D eigenvalue weighted by Crippen LogP contribution is 2.53. The number of fused-ring (bicyclic) bond motifs is 5. The lowest BCUT2D eigenvalue weighted by Gasteiger charge is -2.17. The Balaban J connectivity index is 1.77. The maximum absolute atomic E-state index is 12.6. The number of halogens is 1. The van der Waals surface area contributed by atoms with Crippen LogP contribution in [0.3, 0.4) is 0 Å². The fourth-order valence-corrected chi connectivity index (χ4v) is 4.30. The fourth-order valence-electron chi connectivity index (χ4n) is 3.77. The molecule has 0 N–H and O–H groups in total. The van der Waals surface area contributed by atoms with Crippen molar-refractivity contribution in [1.29, 1.82) is 0 Å². The van der Waals surface area contributed by atoms with E-state index in [1.165, 1.54) is 4.90 Å². The Labute approximate surface area is 124 Å². The molecule has 0 aromatic heterocycles. The van der Waals surface area contributed by atoms with Crippen LogP contribution in [0.4, 0.5) is 5.69 Å². The number of hydrogen-bond acceptors (Lipinski definition) is 2. The zero-order valence-corrected chi connectivity index (χ0v) is 12.3. The summed E-state index contributed by atoms with van der Waals surface area (Å²) in [6.07, 6.45) is 5.22. The third-order valence-electron chi connectivity index (χ3n) is 4.54. The highest BCUT2D eigenvalue weighted by Gasteiger charge is 2.59. The number of carbonyl (C=O) groups excluding carboxylic acids is 2. The van der Waals surface area contributed by atoms with Crippen LogP contribution < -0.4 is 4.90 Å². The van der Waals surface area contributed by atoms with Crippen molar-refractivity contribution in [1.82, 2.24) is 0 Å². The largest absolute Gasteiger partial charge is 0.274 e. The molecule has 2 fully saturated rings. The monoisotopic (exact) mass is 365 g/mol. The molecular formula is C15H12INO2. The number of allylic oxidation sites excluding steroid dienone is 2. The summed E-state index contributed by atoms with van der Waals surface area (Å²) in [7, 11) is 0. The first-order valence-electron chi connectivity index (χ1n) is 6.48. The van der Waals surface area contributed by atoms with Crippen LogP contribution in [0.25, 0.3) is 0 Å². The van der Waals surface area contributed by atoms with Crippen LogP contribution in [0, 0.1) is 27.2 Å². The van der Waals surface area contributed by atoms with Gasteiger partial charge in [-0.05, 0) is 59.0 Å². The molecule has 1 saturated heterocycles. The molecule has 3 aliphatic rings. The molecule has 4 atom stereocenters. The Morgan fingerprint density at radius 1 is 1.05 bits per heavy atom.